The van der Waals surface area contributed by atoms with Crippen molar-refractivity contribution in [3.8, 4) is 6.07 Å². The van der Waals surface area contributed by atoms with Gasteiger partial charge < -0.3 is 10.2 Å². The van der Waals surface area contributed by atoms with Gasteiger partial charge in [0.15, 0.2) is 16.4 Å². The first-order valence-electron chi connectivity index (χ1n) is 9.93. The van der Waals surface area contributed by atoms with E-state index in [1.807, 2.05) is 25.6 Å². The zero-order valence-corrected chi connectivity index (χ0v) is 17.7. The third-order valence-corrected chi connectivity index (χ3v) is 7.77. The van der Waals surface area contributed by atoms with Crippen LogP contribution in [0, 0.1) is 25.2 Å². The summed E-state index contributed by atoms with van der Waals surface area (Å²) in [5, 5.41) is 17.0. The molecule has 1 amide bonds. The number of rotatable bonds is 6. The van der Waals surface area contributed by atoms with E-state index in [1.165, 1.54) is 0 Å². The molecule has 0 radical (unpaired) electrons. The summed E-state index contributed by atoms with van der Waals surface area (Å²) in [6.07, 6.45) is 4.01. The van der Waals surface area contributed by atoms with Crippen LogP contribution in [0.3, 0.4) is 0 Å². The number of hydrogen-bond acceptors (Lipinski definition) is 5. The molecule has 0 spiro atoms. The molecular formula is C19H30N5O3S+. The number of amides is 1. The van der Waals surface area contributed by atoms with Crippen LogP contribution in [0.5, 0.6) is 0 Å². The van der Waals surface area contributed by atoms with Crippen LogP contribution in [0.15, 0.2) is 0 Å². The predicted molar refractivity (Wildman–Crippen MR) is 104 cm³/mol. The molecule has 0 aromatic carbocycles. The first-order valence-corrected chi connectivity index (χ1v) is 11.8. The Balaban J connectivity index is 1.63. The Kier molecular flexibility index (Phi) is 5.82. The molecule has 2 aliphatic rings. The van der Waals surface area contributed by atoms with Crippen molar-refractivity contribution in [2.24, 2.45) is 0 Å². The van der Waals surface area contributed by atoms with Crippen LogP contribution in [-0.2, 0) is 21.2 Å². The van der Waals surface area contributed by atoms with Gasteiger partial charge in [-0.15, -0.1) is 0 Å². The minimum absolute atomic E-state index is 0.0982. The molecule has 1 saturated carbocycles. The van der Waals surface area contributed by atoms with E-state index in [0.29, 0.717) is 13.0 Å². The number of aromatic nitrogens is 2. The zero-order chi connectivity index (χ0) is 20.5. The molecule has 2 atom stereocenters. The smallest absolute Gasteiger partial charge is 0.276 e. The van der Waals surface area contributed by atoms with Gasteiger partial charge in [-0.05, 0) is 46.0 Å². The number of likely N-dealkylation sites (N-methyl/N-ethyl adjacent to an activating group) is 1. The van der Waals surface area contributed by atoms with E-state index >= 15 is 0 Å². The second-order valence-corrected chi connectivity index (χ2v) is 10.6. The number of nitriles is 1. The van der Waals surface area contributed by atoms with Gasteiger partial charge in [0.25, 0.3) is 5.91 Å². The monoisotopic (exact) mass is 408 g/mol. The molecule has 1 aromatic rings. The summed E-state index contributed by atoms with van der Waals surface area (Å²) in [4.78, 5) is 13.5. The van der Waals surface area contributed by atoms with Crippen LogP contribution in [0.25, 0.3) is 0 Å². The van der Waals surface area contributed by atoms with E-state index in [9.17, 15) is 18.5 Å². The minimum atomic E-state index is -2.97. The van der Waals surface area contributed by atoms with Gasteiger partial charge in [0, 0.05) is 5.69 Å². The highest BCUT2D eigenvalue weighted by molar-refractivity contribution is 7.91. The molecule has 1 aromatic heterocycles. The normalized spacial score (nSPS) is 24.0. The Hall–Kier alpha value is -1.92. The second-order valence-electron chi connectivity index (χ2n) is 8.41. The van der Waals surface area contributed by atoms with E-state index < -0.39 is 15.4 Å². The molecule has 1 saturated heterocycles. The van der Waals surface area contributed by atoms with E-state index in [1.54, 1.807) is 0 Å². The molecular weight excluding hydrogens is 378 g/mol. The molecule has 8 nitrogen and oxygen atoms in total. The predicted octanol–water partition coefficient (Wildman–Crippen LogP) is -0.173. The van der Waals surface area contributed by atoms with Gasteiger partial charge in [-0.1, -0.05) is 0 Å². The van der Waals surface area contributed by atoms with Gasteiger partial charge in [0.05, 0.1) is 41.9 Å². The molecule has 9 heteroatoms. The lowest BCUT2D eigenvalue weighted by Crippen LogP contribution is -3.09. The maximum atomic E-state index is 12.4. The van der Waals surface area contributed by atoms with Crippen LogP contribution in [0.1, 0.15) is 55.1 Å². The maximum absolute atomic E-state index is 12.4. The summed E-state index contributed by atoms with van der Waals surface area (Å²) >= 11 is 0. The Morgan fingerprint density at radius 3 is 2.64 bits per heavy atom. The van der Waals surface area contributed by atoms with Crippen LogP contribution in [0.4, 0.5) is 0 Å². The van der Waals surface area contributed by atoms with Crippen molar-refractivity contribution >= 4 is 15.7 Å². The average molecular weight is 409 g/mol. The number of aryl methyl sites for hydroxylation is 1. The number of nitrogens with zero attached hydrogens (tertiary/aromatic N) is 3. The van der Waals surface area contributed by atoms with Crippen molar-refractivity contribution in [1.82, 2.24) is 15.1 Å². The molecule has 2 heterocycles. The maximum Gasteiger partial charge on any atom is 0.276 e. The third kappa shape index (κ3) is 4.39. The fourth-order valence-electron chi connectivity index (χ4n) is 4.47. The van der Waals surface area contributed by atoms with E-state index in [-0.39, 0.29) is 30.0 Å². The molecule has 154 valence electrons. The Morgan fingerprint density at radius 1 is 1.39 bits per heavy atom. The standard InChI is InChI=1S/C19H29N5O3S/c1-14-17(15(2)24(22-14)16-6-9-28(26,27)12-16)10-23(3)11-18(25)21-19(13-20)7-4-5-8-19/h16H,4-12H2,1-3H3,(H,21,25)/p+1/t16-/m1/s1. The van der Waals surface area contributed by atoms with Crippen molar-refractivity contribution in [1.29, 1.82) is 5.26 Å². The Bertz CT molecular complexity index is 893. The van der Waals surface area contributed by atoms with Gasteiger partial charge >= 0.3 is 0 Å². The van der Waals surface area contributed by atoms with E-state index in [2.05, 4.69) is 16.5 Å². The van der Waals surface area contributed by atoms with Crippen LogP contribution in [-0.4, -0.2) is 54.7 Å². The number of hydrogen-bond donors (Lipinski definition) is 2. The second kappa shape index (κ2) is 7.84. The molecule has 1 aliphatic carbocycles. The highest BCUT2D eigenvalue weighted by atomic mass is 32.2. The van der Waals surface area contributed by atoms with Gasteiger partial charge in [-0.2, -0.15) is 10.4 Å². The summed E-state index contributed by atoms with van der Waals surface area (Å²) < 4.78 is 25.4. The molecule has 3 rings (SSSR count). The Labute approximate surface area is 166 Å². The fourth-order valence-corrected chi connectivity index (χ4v) is 6.16. The van der Waals surface area contributed by atoms with Crippen molar-refractivity contribution < 1.29 is 18.1 Å². The van der Waals surface area contributed by atoms with Crippen LogP contribution in [0.2, 0.25) is 0 Å². The van der Waals surface area contributed by atoms with Gasteiger partial charge in [0.1, 0.15) is 12.1 Å². The average Bonchev–Trinajstić information content (AvgIpc) is 3.29. The summed E-state index contributed by atoms with van der Waals surface area (Å²) in [7, 11) is -1.02. The molecule has 1 unspecified atom stereocenters. The van der Waals surface area contributed by atoms with Crippen molar-refractivity contribution in [3.05, 3.63) is 17.0 Å². The number of quaternary nitrogens is 1. The van der Waals surface area contributed by atoms with Gasteiger partial charge in [-0.25, -0.2) is 8.42 Å². The van der Waals surface area contributed by atoms with E-state index in [0.717, 1.165) is 47.5 Å². The number of carbonyl (C=O) groups is 1. The number of carbonyl (C=O) groups excluding carboxylic acids is 1. The van der Waals surface area contributed by atoms with E-state index in [4.69, 9.17) is 0 Å². The highest BCUT2D eigenvalue weighted by Crippen LogP contribution is 2.29. The lowest BCUT2D eigenvalue weighted by Gasteiger charge is -2.23. The highest BCUT2D eigenvalue weighted by Gasteiger charge is 2.36. The molecule has 2 fully saturated rings. The summed E-state index contributed by atoms with van der Waals surface area (Å²) in [6.45, 7) is 4.81. The lowest BCUT2D eigenvalue weighted by molar-refractivity contribution is -0.885. The van der Waals surface area contributed by atoms with Crippen molar-refractivity contribution in [2.75, 3.05) is 25.1 Å². The van der Waals surface area contributed by atoms with Crippen LogP contribution >= 0.6 is 0 Å². The van der Waals surface area contributed by atoms with Crippen molar-refractivity contribution in [2.45, 2.75) is 64.1 Å². The first kappa shape index (κ1) is 20.8. The summed E-state index contributed by atoms with van der Waals surface area (Å²) in [5.74, 6) is 0.262. The minimum Gasteiger partial charge on any atom is -0.333 e. The largest absolute Gasteiger partial charge is 0.333 e. The number of nitrogens with one attached hydrogen (secondary N) is 2. The first-order chi connectivity index (χ1) is 13.1. The van der Waals surface area contributed by atoms with Gasteiger partial charge in [0.2, 0.25) is 0 Å². The van der Waals surface area contributed by atoms with Gasteiger partial charge in [-0.3, -0.25) is 9.48 Å². The number of sulfone groups is 1. The topological polar surface area (TPSA) is 109 Å². The lowest BCUT2D eigenvalue weighted by atomic mass is 10.00. The third-order valence-electron chi connectivity index (χ3n) is 6.02. The molecule has 28 heavy (non-hydrogen) atoms. The fraction of sp³-hybridized carbons (Fsp3) is 0.737. The summed E-state index contributed by atoms with van der Waals surface area (Å²) in [5.41, 5.74) is 2.22. The molecule has 1 aliphatic heterocycles. The Morgan fingerprint density at radius 2 is 2.07 bits per heavy atom. The molecule has 0 bridgehead atoms. The zero-order valence-electron chi connectivity index (χ0n) is 16.9. The van der Waals surface area contributed by atoms with Crippen LogP contribution < -0.4 is 10.2 Å². The summed E-state index contributed by atoms with van der Waals surface area (Å²) in [6, 6.07) is 2.19. The molecule has 2 N–H and O–H groups in total. The SMILES string of the molecule is Cc1nn([C@@H]2CCS(=O)(=O)C2)c(C)c1C[NH+](C)CC(=O)NC1(C#N)CCCC1. The quantitative estimate of drug-likeness (QED) is 0.679. The van der Waals surface area contributed by atoms with Crippen molar-refractivity contribution in [3.63, 3.8) is 0 Å².